The minimum absolute atomic E-state index is 0.0533. The Morgan fingerprint density at radius 2 is 2.06 bits per heavy atom. The van der Waals surface area contributed by atoms with Crippen LogP contribution in [0.3, 0.4) is 0 Å². The maximum Gasteiger partial charge on any atom is 0.234 e. The molecule has 0 radical (unpaired) electrons. The molecule has 17 heavy (non-hydrogen) atoms. The van der Waals surface area contributed by atoms with Crippen LogP contribution in [0.4, 0.5) is 0 Å². The lowest BCUT2D eigenvalue weighted by molar-refractivity contribution is -0.123. The van der Waals surface area contributed by atoms with E-state index in [4.69, 9.17) is 5.26 Å². The molecule has 1 unspecified atom stereocenters. The zero-order valence-electron chi connectivity index (χ0n) is 11.5. The molecule has 0 aromatic heterocycles. The molecule has 0 aromatic rings. The number of carbonyl (C=O) groups is 1. The fourth-order valence-corrected chi connectivity index (χ4v) is 1.72. The molecule has 0 heterocycles. The second-order valence-corrected chi connectivity index (χ2v) is 4.73. The van der Waals surface area contributed by atoms with Crippen LogP contribution in [0.25, 0.3) is 0 Å². The normalized spacial score (nSPS) is 12.5. The van der Waals surface area contributed by atoms with E-state index in [1.807, 2.05) is 25.7 Å². The Kier molecular flexibility index (Phi) is 8.43. The van der Waals surface area contributed by atoms with Crippen molar-refractivity contribution in [3.63, 3.8) is 0 Å². The first-order chi connectivity index (χ1) is 8.01. The van der Waals surface area contributed by atoms with Crippen molar-refractivity contribution in [2.24, 2.45) is 0 Å². The highest BCUT2D eigenvalue weighted by atomic mass is 16.2. The molecule has 1 atom stereocenters. The molecule has 0 spiro atoms. The largest absolute Gasteiger partial charge is 0.353 e. The number of nitrogens with one attached hydrogen (secondary N) is 1. The number of nitrogens with zero attached hydrogens (tertiary/aromatic N) is 2. The molecular formula is C13H25N3O. The summed E-state index contributed by atoms with van der Waals surface area (Å²) in [6.07, 6.45) is 2.55. The summed E-state index contributed by atoms with van der Waals surface area (Å²) < 4.78 is 0. The summed E-state index contributed by atoms with van der Waals surface area (Å²) in [5.74, 6) is 0.0533. The van der Waals surface area contributed by atoms with E-state index in [1.165, 1.54) is 0 Å². The number of carbonyl (C=O) groups excluding carboxylic acids is 1. The van der Waals surface area contributed by atoms with Gasteiger partial charge in [0.15, 0.2) is 0 Å². The van der Waals surface area contributed by atoms with Crippen LogP contribution in [0, 0.1) is 11.3 Å². The maximum absolute atomic E-state index is 11.8. The summed E-state index contributed by atoms with van der Waals surface area (Å²) in [7, 11) is 0. The van der Waals surface area contributed by atoms with Crippen molar-refractivity contribution in [1.82, 2.24) is 10.2 Å². The summed E-state index contributed by atoms with van der Waals surface area (Å²) in [4.78, 5) is 13.8. The quantitative estimate of drug-likeness (QED) is 0.704. The van der Waals surface area contributed by atoms with E-state index in [0.717, 1.165) is 12.8 Å². The summed E-state index contributed by atoms with van der Waals surface area (Å²) >= 11 is 0. The maximum atomic E-state index is 11.8. The summed E-state index contributed by atoms with van der Waals surface area (Å²) in [6.45, 7) is 9.25. The number of hydrogen-bond donors (Lipinski definition) is 1. The lowest BCUT2D eigenvalue weighted by Gasteiger charge is -2.25. The molecule has 0 aliphatic heterocycles. The molecule has 98 valence electrons. The molecule has 1 N–H and O–H groups in total. The van der Waals surface area contributed by atoms with E-state index >= 15 is 0 Å². The third kappa shape index (κ3) is 7.76. The Morgan fingerprint density at radius 1 is 1.41 bits per heavy atom. The standard InChI is InChI=1S/C13H25N3O/c1-5-7-12(4)15-13(17)10-16(11(2)3)9-6-8-14/h11-12H,5-7,9-10H2,1-4H3,(H,15,17). The van der Waals surface area contributed by atoms with Gasteiger partial charge in [0, 0.05) is 25.0 Å². The Balaban J connectivity index is 4.08. The Morgan fingerprint density at radius 3 is 2.53 bits per heavy atom. The zero-order chi connectivity index (χ0) is 13.3. The Labute approximate surface area is 105 Å². The third-order valence-corrected chi connectivity index (χ3v) is 2.72. The lowest BCUT2D eigenvalue weighted by atomic mass is 10.2. The average molecular weight is 239 g/mol. The summed E-state index contributed by atoms with van der Waals surface area (Å²) in [6, 6.07) is 2.64. The van der Waals surface area contributed by atoms with Gasteiger partial charge in [-0.1, -0.05) is 13.3 Å². The smallest absolute Gasteiger partial charge is 0.234 e. The van der Waals surface area contributed by atoms with E-state index in [9.17, 15) is 4.79 Å². The molecule has 0 aliphatic rings. The Hall–Kier alpha value is -1.08. The molecule has 0 bridgehead atoms. The monoisotopic (exact) mass is 239 g/mol. The highest BCUT2D eigenvalue weighted by Crippen LogP contribution is 2.00. The molecule has 4 heteroatoms. The van der Waals surface area contributed by atoms with E-state index < -0.39 is 0 Å². The van der Waals surface area contributed by atoms with Gasteiger partial charge in [0.2, 0.25) is 5.91 Å². The van der Waals surface area contributed by atoms with E-state index in [-0.39, 0.29) is 18.0 Å². The fraction of sp³-hybridized carbons (Fsp3) is 0.846. The van der Waals surface area contributed by atoms with Gasteiger partial charge in [-0.3, -0.25) is 9.69 Å². The van der Waals surface area contributed by atoms with E-state index in [1.54, 1.807) is 0 Å². The number of rotatable bonds is 8. The van der Waals surface area contributed by atoms with Crippen molar-refractivity contribution in [2.75, 3.05) is 13.1 Å². The highest BCUT2D eigenvalue weighted by molar-refractivity contribution is 5.78. The molecule has 0 saturated heterocycles. The first-order valence-electron chi connectivity index (χ1n) is 6.41. The SMILES string of the molecule is CCCC(C)NC(=O)CN(CCC#N)C(C)C. The minimum Gasteiger partial charge on any atom is -0.353 e. The van der Waals surface area contributed by atoms with E-state index in [0.29, 0.717) is 19.5 Å². The molecule has 0 saturated carbocycles. The van der Waals surface area contributed by atoms with Crippen LogP contribution in [0.1, 0.15) is 47.0 Å². The molecule has 0 rings (SSSR count). The van der Waals surface area contributed by atoms with Gasteiger partial charge in [-0.2, -0.15) is 5.26 Å². The first-order valence-corrected chi connectivity index (χ1v) is 6.41. The number of amides is 1. The van der Waals surface area contributed by atoms with Crippen LogP contribution in [-0.4, -0.2) is 36.0 Å². The van der Waals surface area contributed by atoms with Gasteiger partial charge in [0.1, 0.15) is 0 Å². The zero-order valence-corrected chi connectivity index (χ0v) is 11.5. The second kappa shape index (κ2) is 9.00. The van der Waals surface area contributed by atoms with Crippen molar-refractivity contribution in [2.45, 2.75) is 59.0 Å². The lowest BCUT2D eigenvalue weighted by Crippen LogP contribution is -2.43. The van der Waals surface area contributed by atoms with Crippen LogP contribution >= 0.6 is 0 Å². The second-order valence-electron chi connectivity index (χ2n) is 4.73. The molecule has 0 aromatic carbocycles. The van der Waals surface area contributed by atoms with Crippen molar-refractivity contribution in [3.05, 3.63) is 0 Å². The first kappa shape index (κ1) is 15.9. The molecular weight excluding hydrogens is 214 g/mol. The van der Waals surface area contributed by atoms with Gasteiger partial charge in [-0.25, -0.2) is 0 Å². The van der Waals surface area contributed by atoms with Crippen molar-refractivity contribution in [1.29, 1.82) is 5.26 Å². The highest BCUT2D eigenvalue weighted by Gasteiger charge is 2.14. The average Bonchev–Trinajstić information content (AvgIpc) is 2.23. The number of nitriles is 1. The predicted octanol–water partition coefficient (Wildman–Crippen LogP) is 1.92. The number of hydrogen-bond acceptors (Lipinski definition) is 3. The Bertz CT molecular complexity index is 258. The van der Waals surface area contributed by atoms with Gasteiger partial charge in [-0.15, -0.1) is 0 Å². The van der Waals surface area contributed by atoms with Crippen molar-refractivity contribution < 1.29 is 4.79 Å². The summed E-state index contributed by atoms with van der Waals surface area (Å²) in [5.41, 5.74) is 0. The van der Waals surface area contributed by atoms with Gasteiger partial charge in [0.05, 0.1) is 12.6 Å². The predicted molar refractivity (Wildman–Crippen MR) is 69.5 cm³/mol. The topological polar surface area (TPSA) is 56.1 Å². The van der Waals surface area contributed by atoms with Gasteiger partial charge in [0.25, 0.3) is 0 Å². The molecule has 0 aliphatic carbocycles. The fourth-order valence-electron chi connectivity index (χ4n) is 1.72. The van der Waals surface area contributed by atoms with Crippen molar-refractivity contribution >= 4 is 5.91 Å². The summed E-state index contributed by atoms with van der Waals surface area (Å²) in [5, 5.41) is 11.5. The van der Waals surface area contributed by atoms with Crippen LogP contribution in [0.15, 0.2) is 0 Å². The van der Waals surface area contributed by atoms with Crippen LogP contribution < -0.4 is 5.32 Å². The van der Waals surface area contributed by atoms with Gasteiger partial charge >= 0.3 is 0 Å². The van der Waals surface area contributed by atoms with Crippen molar-refractivity contribution in [3.8, 4) is 6.07 Å². The molecule has 1 amide bonds. The van der Waals surface area contributed by atoms with Gasteiger partial charge < -0.3 is 5.32 Å². The minimum atomic E-state index is 0.0533. The molecule has 4 nitrogen and oxygen atoms in total. The third-order valence-electron chi connectivity index (χ3n) is 2.72. The van der Waals surface area contributed by atoms with Crippen LogP contribution in [0.2, 0.25) is 0 Å². The van der Waals surface area contributed by atoms with Crippen LogP contribution in [-0.2, 0) is 4.79 Å². The molecule has 0 fully saturated rings. The van der Waals surface area contributed by atoms with Crippen LogP contribution in [0.5, 0.6) is 0 Å². The van der Waals surface area contributed by atoms with Gasteiger partial charge in [-0.05, 0) is 27.2 Å². The van der Waals surface area contributed by atoms with E-state index in [2.05, 4.69) is 18.3 Å².